The molecule has 0 heterocycles. The van der Waals surface area contributed by atoms with Crippen LogP contribution in [-0.4, -0.2) is 12.3 Å². The molecule has 0 amide bonds. The van der Waals surface area contributed by atoms with Crippen LogP contribution in [0.15, 0.2) is 53.6 Å². The number of para-hydroxylation sites is 1. The summed E-state index contributed by atoms with van der Waals surface area (Å²) in [4.78, 5) is 0. The molecule has 3 heteroatoms. The highest BCUT2D eigenvalue weighted by Crippen LogP contribution is 2.18. The molecule has 0 fully saturated rings. The van der Waals surface area contributed by atoms with E-state index in [0.29, 0.717) is 0 Å². The Bertz CT molecular complexity index is 618. The minimum Gasteiger partial charge on any atom is -0.398 e. The molecule has 0 unspecified atom stereocenters. The average molecular weight is 281 g/mol. The first-order valence-corrected chi connectivity index (χ1v) is 7.36. The standard InChI is InChI=1S/C18H23N3/c1-4-12-21(16-8-6-5-7-9-16)20-15(3)17-13-14(2)10-11-18(17)19/h5-11,13H,4,12,19H2,1-3H3/b20-15+. The van der Waals surface area contributed by atoms with Gasteiger partial charge in [0.2, 0.25) is 0 Å². The summed E-state index contributed by atoms with van der Waals surface area (Å²) < 4.78 is 0. The van der Waals surface area contributed by atoms with Crippen molar-refractivity contribution in [3.8, 4) is 0 Å². The van der Waals surface area contributed by atoms with Gasteiger partial charge in [0.25, 0.3) is 0 Å². The van der Waals surface area contributed by atoms with Crippen LogP contribution >= 0.6 is 0 Å². The quantitative estimate of drug-likeness (QED) is 0.506. The fraction of sp³-hybridized carbons (Fsp3) is 0.278. The minimum atomic E-state index is 0.770. The van der Waals surface area contributed by atoms with Gasteiger partial charge in [-0.15, -0.1) is 0 Å². The van der Waals surface area contributed by atoms with Crippen molar-refractivity contribution in [1.29, 1.82) is 0 Å². The van der Waals surface area contributed by atoms with Gasteiger partial charge in [-0.25, -0.2) is 0 Å². The van der Waals surface area contributed by atoms with Gasteiger partial charge in [0.05, 0.1) is 11.4 Å². The maximum Gasteiger partial charge on any atom is 0.0671 e. The molecule has 0 atom stereocenters. The van der Waals surface area contributed by atoms with E-state index >= 15 is 0 Å². The Balaban J connectivity index is 2.35. The minimum absolute atomic E-state index is 0.770. The number of hydrazone groups is 1. The van der Waals surface area contributed by atoms with Crippen molar-refractivity contribution in [1.82, 2.24) is 0 Å². The fourth-order valence-electron chi connectivity index (χ4n) is 2.27. The summed E-state index contributed by atoms with van der Waals surface area (Å²) in [5.74, 6) is 0. The number of aryl methyl sites for hydroxylation is 1. The number of hydrogen-bond donors (Lipinski definition) is 1. The summed E-state index contributed by atoms with van der Waals surface area (Å²) in [6, 6.07) is 16.3. The van der Waals surface area contributed by atoms with Gasteiger partial charge >= 0.3 is 0 Å². The molecule has 110 valence electrons. The van der Waals surface area contributed by atoms with Gasteiger partial charge in [-0.2, -0.15) is 5.10 Å². The Labute approximate surface area is 127 Å². The van der Waals surface area contributed by atoms with Crippen molar-refractivity contribution in [2.45, 2.75) is 27.2 Å². The number of nitrogen functional groups attached to an aromatic ring is 1. The van der Waals surface area contributed by atoms with Crippen LogP contribution in [0.2, 0.25) is 0 Å². The van der Waals surface area contributed by atoms with Crippen LogP contribution < -0.4 is 10.7 Å². The molecule has 0 aromatic heterocycles. The van der Waals surface area contributed by atoms with E-state index in [0.717, 1.165) is 35.6 Å². The third-order valence-electron chi connectivity index (χ3n) is 3.36. The fourth-order valence-corrected chi connectivity index (χ4v) is 2.27. The number of nitrogens with zero attached hydrogens (tertiary/aromatic N) is 2. The average Bonchev–Trinajstić information content (AvgIpc) is 2.50. The van der Waals surface area contributed by atoms with Crippen molar-refractivity contribution >= 4 is 17.1 Å². The highest BCUT2D eigenvalue weighted by molar-refractivity contribution is 6.03. The smallest absolute Gasteiger partial charge is 0.0671 e. The molecule has 0 saturated carbocycles. The zero-order valence-electron chi connectivity index (χ0n) is 13.0. The predicted molar refractivity (Wildman–Crippen MR) is 91.9 cm³/mol. The second-order valence-corrected chi connectivity index (χ2v) is 5.23. The maximum atomic E-state index is 6.08. The molecule has 0 saturated heterocycles. The van der Waals surface area contributed by atoms with Gasteiger partial charge in [-0.3, -0.25) is 5.01 Å². The molecule has 21 heavy (non-hydrogen) atoms. The summed E-state index contributed by atoms with van der Waals surface area (Å²) in [6.07, 6.45) is 1.04. The third-order valence-corrected chi connectivity index (χ3v) is 3.36. The lowest BCUT2D eigenvalue weighted by atomic mass is 10.1. The first-order chi connectivity index (χ1) is 10.1. The lowest BCUT2D eigenvalue weighted by Gasteiger charge is -2.20. The third kappa shape index (κ3) is 3.85. The number of rotatable bonds is 5. The first-order valence-electron chi connectivity index (χ1n) is 7.36. The van der Waals surface area contributed by atoms with Gasteiger partial charge in [-0.05, 0) is 44.5 Å². The van der Waals surface area contributed by atoms with Crippen LogP contribution in [0.4, 0.5) is 11.4 Å². The maximum absolute atomic E-state index is 6.08. The molecular weight excluding hydrogens is 258 g/mol. The molecule has 3 nitrogen and oxygen atoms in total. The monoisotopic (exact) mass is 281 g/mol. The molecule has 0 aliphatic carbocycles. The lowest BCUT2D eigenvalue weighted by molar-refractivity contribution is 0.806. The van der Waals surface area contributed by atoms with Crippen molar-refractivity contribution < 1.29 is 0 Å². The number of hydrogen-bond acceptors (Lipinski definition) is 3. The van der Waals surface area contributed by atoms with E-state index in [-0.39, 0.29) is 0 Å². The summed E-state index contributed by atoms with van der Waals surface area (Å²) >= 11 is 0. The Morgan fingerprint density at radius 2 is 1.86 bits per heavy atom. The SMILES string of the molecule is CCCN(/N=C(\C)c1cc(C)ccc1N)c1ccccc1. The van der Waals surface area contributed by atoms with Gasteiger partial charge in [-0.1, -0.05) is 36.8 Å². The molecule has 0 spiro atoms. The van der Waals surface area contributed by atoms with E-state index in [2.05, 4.69) is 32.0 Å². The van der Waals surface area contributed by atoms with E-state index < -0.39 is 0 Å². The number of nitrogens with two attached hydrogens (primary N) is 1. The number of benzene rings is 2. The van der Waals surface area contributed by atoms with Gasteiger partial charge < -0.3 is 5.73 Å². The molecule has 0 bridgehead atoms. The summed E-state index contributed by atoms with van der Waals surface area (Å²) in [7, 11) is 0. The zero-order chi connectivity index (χ0) is 15.2. The van der Waals surface area contributed by atoms with Crippen molar-refractivity contribution in [2.24, 2.45) is 5.10 Å². The van der Waals surface area contributed by atoms with Crippen molar-refractivity contribution in [3.05, 3.63) is 59.7 Å². The van der Waals surface area contributed by atoms with E-state index in [1.807, 2.05) is 42.3 Å². The summed E-state index contributed by atoms with van der Waals surface area (Å²) in [5, 5.41) is 6.82. The van der Waals surface area contributed by atoms with Crippen LogP contribution in [0.3, 0.4) is 0 Å². The van der Waals surface area contributed by atoms with Crippen LogP contribution in [0.25, 0.3) is 0 Å². The van der Waals surface area contributed by atoms with Gasteiger partial charge in [0.15, 0.2) is 0 Å². The van der Waals surface area contributed by atoms with E-state index in [9.17, 15) is 0 Å². The van der Waals surface area contributed by atoms with Gasteiger partial charge in [0, 0.05) is 17.8 Å². The number of anilines is 2. The lowest BCUT2D eigenvalue weighted by Crippen LogP contribution is -2.19. The van der Waals surface area contributed by atoms with Crippen LogP contribution in [-0.2, 0) is 0 Å². The van der Waals surface area contributed by atoms with Crippen molar-refractivity contribution in [3.63, 3.8) is 0 Å². The predicted octanol–water partition coefficient (Wildman–Crippen LogP) is 4.22. The van der Waals surface area contributed by atoms with Crippen molar-refractivity contribution in [2.75, 3.05) is 17.3 Å². The molecule has 0 aliphatic heterocycles. The second kappa shape index (κ2) is 6.93. The highest BCUT2D eigenvalue weighted by Gasteiger charge is 2.08. The highest BCUT2D eigenvalue weighted by atomic mass is 15.5. The summed E-state index contributed by atoms with van der Waals surface area (Å²) in [6.45, 7) is 7.11. The van der Waals surface area contributed by atoms with E-state index in [4.69, 9.17) is 10.8 Å². The Morgan fingerprint density at radius 3 is 2.52 bits per heavy atom. The molecule has 0 aliphatic rings. The summed E-state index contributed by atoms with van der Waals surface area (Å²) in [5.41, 5.74) is 11.1. The molecule has 2 rings (SSSR count). The van der Waals surface area contributed by atoms with Gasteiger partial charge in [0.1, 0.15) is 0 Å². The molecule has 2 aromatic carbocycles. The van der Waals surface area contributed by atoms with Crippen LogP contribution in [0.5, 0.6) is 0 Å². The molecule has 0 radical (unpaired) electrons. The Kier molecular flexibility index (Phi) is 4.99. The second-order valence-electron chi connectivity index (χ2n) is 5.23. The molecule has 2 N–H and O–H groups in total. The van der Waals surface area contributed by atoms with Crippen LogP contribution in [0, 0.1) is 6.92 Å². The molecule has 2 aromatic rings. The van der Waals surface area contributed by atoms with E-state index in [1.165, 1.54) is 5.56 Å². The topological polar surface area (TPSA) is 41.6 Å². The Morgan fingerprint density at radius 1 is 1.14 bits per heavy atom. The van der Waals surface area contributed by atoms with Crippen LogP contribution in [0.1, 0.15) is 31.4 Å². The molecular formula is C18H23N3. The Hall–Kier alpha value is -2.29. The normalized spacial score (nSPS) is 11.5. The van der Waals surface area contributed by atoms with E-state index in [1.54, 1.807) is 0 Å². The largest absolute Gasteiger partial charge is 0.398 e. The first kappa shape index (κ1) is 15.1. The zero-order valence-corrected chi connectivity index (χ0v) is 13.0.